The molecule has 5 heteroatoms. The van der Waals surface area contributed by atoms with E-state index in [0.29, 0.717) is 11.8 Å². The van der Waals surface area contributed by atoms with Crippen LogP contribution in [0.15, 0.2) is 24.4 Å². The van der Waals surface area contributed by atoms with E-state index in [1.54, 1.807) is 0 Å². The third-order valence-electron chi connectivity index (χ3n) is 5.81. The molecule has 3 atom stereocenters. The molecular formula is C20H29N3O2. The summed E-state index contributed by atoms with van der Waals surface area (Å²) in [6.45, 7) is 5.16. The molecule has 0 aromatic carbocycles. The van der Waals surface area contributed by atoms with Crippen molar-refractivity contribution >= 4 is 5.91 Å². The first-order valence-corrected chi connectivity index (χ1v) is 9.81. The lowest BCUT2D eigenvalue weighted by Gasteiger charge is -2.38. The Kier molecular flexibility index (Phi) is 5.32. The van der Waals surface area contributed by atoms with Crippen LogP contribution >= 0.6 is 0 Å². The van der Waals surface area contributed by atoms with Gasteiger partial charge in [-0.05, 0) is 62.6 Å². The van der Waals surface area contributed by atoms with Gasteiger partial charge in [-0.2, -0.15) is 0 Å². The van der Waals surface area contributed by atoms with E-state index in [9.17, 15) is 4.79 Å². The van der Waals surface area contributed by atoms with Gasteiger partial charge in [0.05, 0.1) is 18.3 Å². The van der Waals surface area contributed by atoms with Crippen LogP contribution < -0.4 is 5.32 Å². The molecule has 0 bridgehead atoms. The Balaban J connectivity index is 1.44. The lowest BCUT2D eigenvalue weighted by atomic mass is 9.87. The van der Waals surface area contributed by atoms with E-state index >= 15 is 0 Å². The quantitative estimate of drug-likeness (QED) is 0.862. The molecule has 3 aliphatic rings. The van der Waals surface area contributed by atoms with E-state index in [1.807, 2.05) is 18.3 Å². The number of aromatic nitrogens is 1. The Morgan fingerprint density at radius 3 is 2.96 bits per heavy atom. The molecule has 0 unspecified atom stereocenters. The van der Waals surface area contributed by atoms with Crippen molar-refractivity contribution in [2.75, 3.05) is 32.8 Å². The molecule has 1 saturated carbocycles. The molecule has 1 N–H and O–H groups in total. The number of hydrogen-bond acceptors (Lipinski definition) is 4. The monoisotopic (exact) mass is 343 g/mol. The Hall–Kier alpha value is -1.46. The number of carbonyl (C=O) groups excluding carboxylic acids is 1. The normalized spacial score (nSPS) is 28.6. The maximum absolute atomic E-state index is 12.4. The molecule has 2 saturated heterocycles. The van der Waals surface area contributed by atoms with Gasteiger partial charge < -0.3 is 15.0 Å². The number of pyridine rings is 1. The fourth-order valence-corrected chi connectivity index (χ4v) is 4.23. The average Bonchev–Trinajstić information content (AvgIpc) is 3.38. The first-order valence-electron chi connectivity index (χ1n) is 9.81. The third kappa shape index (κ3) is 4.39. The molecule has 0 spiro atoms. The Morgan fingerprint density at radius 1 is 1.32 bits per heavy atom. The maximum Gasteiger partial charge on any atom is 0.223 e. The number of ether oxygens (including phenoxy) is 1. The largest absolute Gasteiger partial charge is 0.381 e. The molecule has 25 heavy (non-hydrogen) atoms. The van der Waals surface area contributed by atoms with Crippen molar-refractivity contribution in [3.8, 4) is 0 Å². The molecule has 0 radical (unpaired) electrons. The number of amides is 1. The highest BCUT2D eigenvalue weighted by Gasteiger charge is 2.35. The smallest absolute Gasteiger partial charge is 0.223 e. The number of nitrogens with one attached hydrogen (secondary N) is 1. The molecule has 5 nitrogen and oxygen atoms in total. The zero-order chi connectivity index (χ0) is 17.1. The van der Waals surface area contributed by atoms with Gasteiger partial charge in [-0.1, -0.05) is 6.07 Å². The predicted molar refractivity (Wildman–Crippen MR) is 95.9 cm³/mol. The van der Waals surface area contributed by atoms with Crippen LogP contribution in [0, 0.1) is 17.8 Å². The van der Waals surface area contributed by atoms with E-state index in [2.05, 4.69) is 21.3 Å². The van der Waals surface area contributed by atoms with Gasteiger partial charge in [0.15, 0.2) is 0 Å². The second-order valence-corrected chi connectivity index (χ2v) is 7.91. The molecule has 3 fully saturated rings. The number of likely N-dealkylation sites (tertiary alicyclic amines) is 1. The summed E-state index contributed by atoms with van der Waals surface area (Å²) in [5.41, 5.74) is 1.01. The van der Waals surface area contributed by atoms with Gasteiger partial charge in [0.2, 0.25) is 5.91 Å². The van der Waals surface area contributed by atoms with E-state index in [-0.39, 0.29) is 17.9 Å². The van der Waals surface area contributed by atoms with Gasteiger partial charge in [-0.25, -0.2) is 0 Å². The van der Waals surface area contributed by atoms with Crippen LogP contribution in [0.1, 0.15) is 43.8 Å². The van der Waals surface area contributed by atoms with Gasteiger partial charge in [0.25, 0.3) is 0 Å². The van der Waals surface area contributed by atoms with Crippen LogP contribution in [0.2, 0.25) is 0 Å². The summed E-state index contributed by atoms with van der Waals surface area (Å²) in [5.74, 6) is 1.57. The summed E-state index contributed by atoms with van der Waals surface area (Å²) in [7, 11) is 0. The highest BCUT2D eigenvalue weighted by Crippen LogP contribution is 2.33. The van der Waals surface area contributed by atoms with Crippen LogP contribution in [-0.4, -0.2) is 48.6 Å². The second-order valence-electron chi connectivity index (χ2n) is 7.91. The fourth-order valence-electron chi connectivity index (χ4n) is 4.23. The minimum atomic E-state index is 0.0388. The zero-order valence-corrected chi connectivity index (χ0v) is 14.9. The maximum atomic E-state index is 12.4. The summed E-state index contributed by atoms with van der Waals surface area (Å²) < 4.78 is 5.53. The van der Waals surface area contributed by atoms with E-state index in [0.717, 1.165) is 51.3 Å². The number of carbonyl (C=O) groups is 1. The van der Waals surface area contributed by atoms with Gasteiger partial charge in [-0.15, -0.1) is 0 Å². The zero-order valence-electron chi connectivity index (χ0n) is 14.9. The summed E-state index contributed by atoms with van der Waals surface area (Å²) in [6.07, 6.45) is 7.45. The molecule has 4 rings (SSSR count). The van der Waals surface area contributed by atoms with Crippen molar-refractivity contribution in [2.24, 2.45) is 17.8 Å². The molecule has 1 aromatic rings. The topological polar surface area (TPSA) is 54.5 Å². The SMILES string of the molecule is O=C(N[C@H](c1ccccn1)[C@H]1CCCN(C[C@H]2CCOC2)C1)C1CC1. The van der Waals surface area contributed by atoms with Crippen molar-refractivity contribution in [3.05, 3.63) is 30.1 Å². The predicted octanol–water partition coefficient (Wildman–Crippen LogP) is 2.40. The van der Waals surface area contributed by atoms with Gasteiger partial charge in [0, 0.05) is 31.8 Å². The first-order chi connectivity index (χ1) is 12.3. The number of rotatable bonds is 6. The molecule has 1 aromatic heterocycles. The van der Waals surface area contributed by atoms with E-state index in [4.69, 9.17) is 4.74 Å². The number of piperidine rings is 1. The summed E-state index contributed by atoms with van der Waals surface area (Å²) >= 11 is 0. The van der Waals surface area contributed by atoms with Crippen molar-refractivity contribution in [3.63, 3.8) is 0 Å². The van der Waals surface area contributed by atoms with Crippen LogP contribution in [0.4, 0.5) is 0 Å². The minimum Gasteiger partial charge on any atom is -0.381 e. The lowest BCUT2D eigenvalue weighted by molar-refractivity contribution is -0.123. The van der Waals surface area contributed by atoms with Gasteiger partial charge in [0.1, 0.15) is 0 Å². The summed E-state index contributed by atoms with van der Waals surface area (Å²) in [4.78, 5) is 19.6. The highest BCUT2D eigenvalue weighted by atomic mass is 16.5. The highest BCUT2D eigenvalue weighted by molar-refractivity contribution is 5.81. The third-order valence-corrected chi connectivity index (χ3v) is 5.81. The minimum absolute atomic E-state index is 0.0388. The van der Waals surface area contributed by atoms with Crippen molar-refractivity contribution < 1.29 is 9.53 Å². The average molecular weight is 343 g/mol. The number of nitrogens with zero attached hydrogens (tertiary/aromatic N) is 2. The van der Waals surface area contributed by atoms with Crippen LogP contribution in [-0.2, 0) is 9.53 Å². The Morgan fingerprint density at radius 2 is 2.24 bits per heavy atom. The lowest BCUT2D eigenvalue weighted by Crippen LogP contribution is -2.45. The molecule has 1 amide bonds. The van der Waals surface area contributed by atoms with Crippen LogP contribution in [0.25, 0.3) is 0 Å². The van der Waals surface area contributed by atoms with Gasteiger partial charge >= 0.3 is 0 Å². The molecular weight excluding hydrogens is 314 g/mol. The van der Waals surface area contributed by atoms with E-state index < -0.39 is 0 Å². The second kappa shape index (κ2) is 7.83. The number of hydrogen-bond donors (Lipinski definition) is 1. The summed E-state index contributed by atoms with van der Waals surface area (Å²) in [5, 5.41) is 3.33. The van der Waals surface area contributed by atoms with E-state index in [1.165, 1.54) is 19.4 Å². The molecule has 2 aliphatic heterocycles. The Bertz CT molecular complexity index is 570. The standard InChI is InChI=1S/C20H29N3O2/c24-20(16-6-7-16)22-19(18-5-1-2-9-21-18)17-4-3-10-23(13-17)12-15-8-11-25-14-15/h1-2,5,9,15-17,19H,3-4,6-8,10-14H2,(H,22,24)/t15-,17+,19+/m1/s1. The molecule has 136 valence electrons. The first kappa shape index (κ1) is 17.0. The fraction of sp³-hybridized carbons (Fsp3) is 0.700. The van der Waals surface area contributed by atoms with Crippen molar-refractivity contribution in [1.29, 1.82) is 0 Å². The molecule has 1 aliphatic carbocycles. The van der Waals surface area contributed by atoms with Crippen molar-refractivity contribution in [2.45, 2.75) is 38.1 Å². The van der Waals surface area contributed by atoms with Crippen LogP contribution in [0.3, 0.4) is 0 Å². The summed E-state index contributed by atoms with van der Waals surface area (Å²) in [6, 6.07) is 6.06. The van der Waals surface area contributed by atoms with Crippen molar-refractivity contribution in [1.82, 2.24) is 15.2 Å². The van der Waals surface area contributed by atoms with Gasteiger partial charge in [-0.3, -0.25) is 9.78 Å². The Labute approximate surface area is 150 Å². The molecule has 3 heterocycles. The van der Waals surface area contributed by atoms with Crippen LogP contribution in [0.5, 0.6) is 0 Å².